The monoisotopic (exact) mass is 521 g/mol. The highest BCUT2D eigenvalue weighted by atomic mass is 16.3. The lowest BCUT2D eigenvalue weighted by atomic mass is 9.84. The Kier molecular flexibility index (Phi) is 8.42. The predicted octanol–water partition coefficient (Wildman–Crippen LogP) is 5.26. The summed E-state index contributed by atoms with van der Waals surface area (Å²) in [4.78, 5) is 29.4. The minimum atomic E-state index is -0.331. The molecule has 0 spiro atoms. The fourth-order valence-corrected chi connectivity index (χ4v) is 5.33. The van der Waals surface area contributed by atoms with Crippen molar-refractivity contribution < 1.29 is 14.7 Å². The normalized spacial score (nSPS) is 18.1. The van der Waals surface area contributed by atoms with Crippen LogP contribution in [0.4, 0.5) is 5.69 Å². The second-order valence-corrected chi connectivity index (χ2v) is 12.7. The van der Waals surface area contributed by atoms with Crippen LogP contribution >= 0.6 is 0 Å². The molecule has 0 bridgehead atoms. The summed E-state index contributed by atoms with van der Waals surface area (Å²) in [6, 6.07) is 11.2. The van der Waals surface area contributed by atoms with Crippen LogP contribution in [0.1, 0.15) is 78.3 Å². The van der Waals surface area contributed by atoms with E-state index in [1.165, 1.54) is 0 Å². The Labute approximate surface area is 228 Å². The number of phenolic OH excluding ortho intramolecular Hbond substituents is 1. The first-order valence-electron chi connectivity index (χ1n) is 13.4. The summed E-state index contributed by atoms with van der Waals surface area (Å²) < 4.78 is 0.391. The lowest BCUT2D eigenvalue weighted by Crippen LogP contribution is -2.36. The van der Waals surface area contributed by atoms with Gasteiger partial charge in [0.1, 0.15) is 5.84 Å². The van der Waals surface area contributed by atoms with E-state index >= 15 is 0 Å². The van der Waals surface area contributed by atoms with Crippen LogP contribution in [0, 0.1) is 11.3 Å². The molecule has 2 N–H and O–H groups in total. The third-order valence-electron chi connectivity index (χ3n) is 7.42. The maximum Gasteiger partial charge on any atom is 0.253 e. The number of carbonyl (C=O) groups is 2. The van der Waals surface area contributed by atoms with E-state index in [0.717, 1.165) is 24.0 Å². The number of hydrogen-bond acceptors (Lipinski definition) is 4. The number of benzene rings is 2. The van der Waals surface area contributed by atoms with Gasteiger partial charge in [-0.2, -0.15) is 0 Å². The van der Waals surface area contributed by atoms with E-state index in [1.54, 1.807) is 25.1 Å². The Bertz CT molecular complexity index is 1170. The van der Waals surface area contributed by atoms with E-state index in [2.05, 4.69) is 6.92 Å². The first-order chi connectivity index (χ1) is 17.6. The minimum Gasteiger partial charge on any atom is -0.503 e. The van der Waals surface area contributed by atoms with Crippen LogP contribution in [0.2, 0.25) is 0 Å². The molecule has 2 atom stereocenters. The largest absolute Gasteiger partial charge is 0.503 e. The number of amides is 1. The predicted molar refractivity (Wildman–Crippen MR) is 156 cm³/mol. The summed E-state index contributed by atoms with van der Waals surface area (Å²) in [5, 5.41) is 20.1. The number of carbonyl (C=O) groups excluding carboxylic acids is 2. The fraction of sp³-hybridized carbons (Fsp3) is 0.516. The molecule has 206 valence electrons. The minimum absolute atomic E-state index is 0.0489. The number of hydrogen-bond donors (Lipinski definition) is 2. The number of ketones is 1. The highest BCUT2D eigenvalue weighted by Crippen LogP contribution is 2.41. The number of aromatic hydroxyl groups is 1. The zero-order valence-corrected chi connectivity index (χ0v) is 24.6. The highest BCUT2D eigenvalue weighted by molar-refractivity contribution is 6.02. The molecular formula is C31H45N4O3+. The molecule has 1 aliphatic rings. The number of nitrogens with zero attached hydrogens (tertiary/aromatic N) is 3. The van der Waals surface area contributed by atoms with E-state index < -0.39 is 0 Å². The molecule has 3 rings (SSSR count). The van der Waals surface area contributed by atoms with Crippen molar-refractivity contribution in [3.05, 3.63) is 58.7 Å². The number of rotatable bonds is 8. The number of nitrogens with one attached hydrogen (secondary N) is 1. The zero-order chi connectivity index (χ0) is 28.6. The number of Topliss-reactive ketones (excluding diaryl/α,β-unsaturated/α-hetero) is 1. The van der Waals surface area contributed by atoms with Gasteiger partial charge >= 0.3 is 0 Å². The number of quaternary nitrogens is 1. The van der Waals surface area contributed by atoms with Gasteiger partial charge in [-0.15, -0.1) is 0 Å². The van der Waals surface area contributed by atoms with E-state index in [9.17, 15) is 14.7 Å². The Morgan fingerprint density at radius 1 is 1.08 bits per heavy atom. The summed E-state index contributed by atoms with van der Waals surface area (Å²) in [5.41, 5.74) is 3.30. The molecule has 0 unspecified atom stereocenters. The van der Waals surface area contributed by atoms with E-state index in [1.807, 2.05) is 77.1 Å². The number of likely N-dealkylation sites (tertiary alicyclic amines) is 1. The molecule has 0 radical (unpaired) electrons. The Morgan fingerprint density at radius 3 is 2.18 bits per heavy atom. The SMILES string of the molecule is CCC[C@H]1CN(CC(=O)c2cc(C(C)(C)C)c(O)c([N+](C)(C)C)c2)C(=N)[C@@H]1c1ccc(C(=O)N(C)C)cc1. The molecule has 1 amide bonds. The second-order valence-electron chi connectivity index (χ2n) is 12.7. The summed E-state index contributed by atoms with van der Waals surface area (Å²) in [5.74, 6) is 0.685. The molecule has 1 aliphatic heterocycles. The number of amidine groups is 1. The lowest BCUT2D eigenvalue weighted by Gasteiger charge is -2.29. The lowest BCUT2D eigenvalue weighted by molar-refractivity contribution is 0.0827. The third-order valence-corrected chi connectivity index (χ3v) is 7.42. The van der Waals surface area contributed by atoms with Crippen molar-refractivity contribution in [2.45, 2.75) is 51.9 Å². The van der Waals surface area contributed by atoms with Crippen molar-refractivity contribution in [1.29, 1.82) is 5.41 Å². The van der Waals surface area contributed by atoms with Gasteiger partial charge in [-0.3, -0.25) is 19.5 Å². The third kappa shape index (κ3) is 6.09. The molecule has 0 aromatic heterocycles. The standard InChI is InChI=1S/C31H44N4O3/c1-10-11-22-18-34(29(32)27(22)20-12-14-21(15-13-20)30(38)33(5)6)19-26(36)23-16-24(31(2,3)4)28(37)25(17-23)35(7,8)9/h12-17,22,27,32H,10-11,18-19H2,1-9H3/p+1/t22-,27+/m0/s1. The maximum absolute atomic E-state index is 13.6. The van der Waals surface area contributed by atoms with Crippen LogP contribution in [-0.4, -0.2) is 80.8 Å². The van der Waals surface area contributed by atoms with Crippen molar-refractivity contribution in [3.8, 4) is 5.75 Å². The Hall–Kier alpha value is -3.19. The molecule has 1 heterocycles. The van der Waals surface area contributed by atoms with E-state index in [0.29, 0.717) is 33.7 Å². The smallest absolute Gasteiger partial charge is 0.253 e. The van der Waals surface area contributed by atoms with Gasteiger partial charge in [-0.1, -0.05) is 46.2 Å². The van der Waals surface area contributed by atoms with Gasteiger partial charge in [0.15, 0.2) is 17.2 Å². The molecule has 1 saturated heterocycles. The molecule has 38 heavy (non-hydrogen) atoms. The van der Waals surface area contributed by atoms with Crippen LogP contribution in [-0.2, 0) is 5.41 Å². The fourth-order valence-electron chi connectivity index (χ4n) is 5.33. The molecule has 2 aromatic carbocycles. The number of phenols is 1. The summed E-state index contributed by atoms with van der Waals surface area (Å²) in [6.45, 7) is 9.01. The summed E-state index contributed by atoms with van der Waals surface area (Å²) in [6.07, 6.45) is 1.95. The second kappa shape index (κ2) is 10.9. The van der Waals surface area contributed by atoms with Gasteiger partial charge < -0.3 is 14.9 Å². The zero-order valence-electron chi connectivity index (χ0n) is 24.6. The average molecular weight is 522 g/mol. The van der Waals surface area contributed by atoms with Gasteiger partial charge in [0, 0.05) is 49.3 Å². The Morgan fingerprint density at radius 2 is 1.68 bits per heavy atom. The topological polar surface area (TPSA) is 84.7 Å². The summed E-state index contributed by atoms with van der Waals surface area (Å²) >= 11 is 0. The molecule has 1 fully saturated rings. The van der Waals surface area contributed by atoms with Crippen LogP contribution in [0.25, 0.3) is 0 Å². The van der Waals surface area contributed by atoms with E-state index in [-0.39, 0.29) is 41.2 Å². The van der Waals surface area contributed by atoms with Crippen LogP contribution in [0.15, 0.2) is 36.4 Å². The van der Waals surface area contributed by atoms with Gasteiger partial charge in [0.2, 0.25) is 0 Å². The highest BCUT2D eigenvalue weighted by Gasteiger charge is 2.39. The molecule has 7 heteroatoms. The first-order valence-corrected chi connectivity index (χ1v) is 13.4. The average Bonchev–Trinajstić information content (AvgIpc) is 3.11. The molecule has 2 aromatic rings. The van der Waals surface area contributed by atoms with Crippen molar-refractivity contribution in [2.24, 2.45) is 5.92 Å². The van der Waals surface area contributed by atoms with Gasteiger partial charge in [-0.05, 0) is 41.5 Å². The van der Waals surface area contributed by atoms with Crippen molar-refractivity contribution in [2.75, 3.05) is 48.3 Å². The van der Waals surface area contributed by atoms with Crippen molar-refractivity contribution in [1.82, 2.24) is 14.3 Å². The van der Waals surface area contributed by atoms with Crippen LogP contribution in [0.3, 0.4) is 0 Å². The van der Waals surface area contributed by atoms with Crippen molar-refractivity contribution >= 4 is 23.2 Å². The molecule has 0 saturated carbocycles. The maximum atomic E-state index is 13.6. The van der Waals surface area contributed by atoms with Crippen LogP contribution in [0.5, 0.6) is 5.75 Å². The van der Waals surface area contributed by atoms with Gasteiger partial charge in [0.25, 0.3) is 5.91 Å². The van der Waals surface area contributed by atoms with Crippen molar-refractivity contribution in [3.63, 3.8) is 0 Å². The quantitative estimate of drug-likeness (QED) is 0.366. The van der Waals surface area contributed by atoms with E-state index in [4.69, 9.17) is 5.41 Å². The van der Waals surface area contributed by atoms with Gasteiger partial charge in [-0.25, -0.2) is 0 Å². The van der Waals surface area contributed by atoms with Crippen LogP contribution < -0.4 is 4.48 Å². The molecule has 7 nitrogen and oxygen atoms in total. The first kappa shape index (κ1) is 29.4. The van der Waals surface area contributed by atoms with Gasteiger partial charge in [0.05, 0.1) is 27.7 Å². The molecular weight excluding hydrogens is 476 g/mol. The summed E-state index contributed by atoms with van der Waals surface area (Å²) in [7, 11) is 9.39. The Balaban J connectivity index is 1.91. The molecule has 0 aliphatic carbocycles.